The summed E-state index contributed by atoms with van der Waals surface area (Å²) in [6.45, 7) is 2.08. The molecule has 2 aromatic rings. The van der Waals surface area contributed by atoms with Crippen molar-refractivity contribution in [2.75, 3.05) is 0 Å². The summed E-state index contributed by atoms with van der Waals surface area (Å²) in [6, 6.07) is 12.3. The van der Waals surface area contributed by atoms with Crippen LogP contribution in [0, 0.1) is 11.2 Å². The third kappa shape index (κ3) is 2.46. The van der Waals surface area contributed by atoms with Crippen LogP contribution in [0.15, 0.2) is 48.7 Å². The highest BCUT2D eigenvalue weighted by Crippen LogP contribution is 2.58. The van der Waals surface area contributed by atoms with Crippen molar-refractivity contribution in [1.29, 1.82) is 0 Å². The van der Waals surface area contributed by atoms with Gasteiger partial charge in [-0.3, -0.25) is 4.98 Å². The minimum absolute atomic E-state index is 0.0963. The Balaban J connectivity index is 1.93. The van der Waals surface area contributed by atoms with Gasteiger partial charge in [0, 0.05) is 11.6 Å². The summed E-state index contributed by atoms with van der Waals surface area (Å²) in [4.78, 5) is 4.30. The summed E-state index contributed by atoms with van der Waals surface area (Å²) >= 11 is 0. The van der Waals surface area contributed by atoms with Crippen molar-refractivity contribution in [1.82, 2.24) is 4.98 Å². The number of nitrogens with zero attached hydrogens (tertiary/aromatic N) is 1. The molecular weight excluding hydrogens is 265 g/mol. The SMILES string of the molecule is CC(c1cccc(F)c1)C1(C(O)c2ccccn2)CCC1. The maximum Gasteiger partial charge on any atom is 0.123 e. The second-order valence-corrected chi connectivity index (χ2v) is 6.02. The number of aromatic nitrogens is 1. The fraction of sp³-hybridized carbons (Fsp3) is 0.389. The van der Waals surface area contributed by atoms with Crippen molar-refractivity contribution in [2.24, 2.45) is 5.41 Å². The Morgan fingerprint density at radius 1 is 1.19 bits per heavy atom. The lowest BCUT2D eigenvalue weighted by atomic mass is 9.56. The van der Waals surface area contributed by atoms with Crippen LogP contribution in [0.1, 0.15) is 49.5 Å². The average molecular weight is 285 g/mol. The summed E-state index contributed by atoms with van der Waals surface area (Å²) in [5.41, 5.74) is 1.42. The first kappa shape index (κ1) is 14.2. The molecule has 21 heavy (non-hydrogen) atoms. The molecule has 3 heteroatoms. The van der Waals surface area contributed by atoms with Crippen LogP contribution >= 0.6 is 0 Å². The number of hydrogen-bond acceptors (Lipinski definition) is 2. The largest absolute Gasteiger partial charge is 0.386 e. The van der Waals surface area contributed by atoms with E-state index in [2.05, 4.69) is 11.9 Å². The van der Waals surface area contributed by atoms with E-state index in [1.165, 1.54) is 6.07 Å². The lowest BCUT2D eigenvalue weighted by molar-refractivity contribution is -0.0569. The number of hydrogen-bond donors (Lipinski definition) is 1. The van der Waals surface area contributed by atoms with Crippen LogP contribution in [-0.2, 0) is 0 Å². The molecule has 1 saturated carbocycles. The van der Waals surface area contributed by atoms with Gasteiger partial charge in [-0.15, -0.1) is 0 Å². The zero-order valence-electron chi connectivity index (χ0n) is 12.2. The van der Waals surface area contributed by atoms with Crippen molar-refractivity contribution < 1.29 is 9.50 Å². The van der Waals surface area contributed by atoms with Crippen LogP contribution in [0.2, 0.25) is 0 Å². The topological polar surface area (TPSA) is 33.1 Å². The molecule has 2 unspecified atom stereocenters. The number of pyridine rings is 1. The maximum atomic E-state index is 13.5. The number of aliphatic hydroxyl groups excluding tert-OH is 1. The smallest absolute Gasteiger partial charge is 0.123 e. The molecule has 0 bridgehead atoms. The van der Waals surface area contributed by atoms with Gasteiger partial charge in [-0.25, -0.2) is 4.39 Å². The fourth-order valence-corrected chi connectivity index (χ4v) is 3.47. The van der Waals surface area contributed by atoms with Gasteiger partial charge in [0.1, 0.15) is 11.9 Å². The van der Waals surface area contributed by atoms with E-state index < -0.39 is 6.10 Å². The molecule has 1 fully saturated rings. The van der Waals surface area contributed by atoms with E-state index >= 15 is 0 Å². The molecule has 2 nitrogen and oxygen atoms in total. The normalized spacial score (nSPS) is 19.6. The van der Waals surface area contributed by atoms with Gasteiger partial charge in [-0.1, -0.05) is 31.5 Å². The lowest BCUT2D eigenvalue weighted by Gasteiger charge is -2.50. The molecule has 2 atom stereocenters. The summed E-state index contributed by atoms with van der Waals surface area (Å²) < 4.78 is 13.5. The van der Waals surface area contributed by atoms with Gasteiger partial charge >= 0.3 is 0 Å². The Morgan fingerprint density at radius 2 is 2.00 bits per heavy atom. The van der Waals surface area contributed by atoms with Gasteiger partial charge in [0.25, 0.3) is 0 Å². The number of halogens is 1. The van der Waals surface area contributed by atoms with Gasteiger partial charge in [-0.05, 0) is 48.6 Å². The molecule has 3 rings (SSSR count). The van der Waals surface area contributed by atoms with Crippen molar-refractivity contribution in [3.63, 3.8) is 0 Å². The summed E-state index contributed by atoms with van der Waals surface area (Å²) in [5, 5.41) is 10.8. The predicted octanol–water partition coefficient (Wildman–Crippen LogP) is 4.23. The van der Waals surface area contributed by atoms with E-state index in [1.54, 1.807) is 18.3 Å². The molecule has 1 aliphatic rings. The van der Waals surface area contributed by atoms with E-state index in [-0.39, 0.29) is 17.2 Å². The van der Waals surface area contributed by atoms with Crippen molar-refractivity contribution in [2.45, 2.75) is 38.2 Å². The first-order valence-electron chi connectivity index (χ1n) is 7.48. The fourth-order valence-electron chi connectivity index (χ4n) is 3.47. The highest BCUT2D eigenvalue weighted by Gasteiger charge is 2.49. The average Bonchev–Trinajstić information content (AvgIpc) is 2.47. The van der Waals surface area contributed by atoms with Gasteiger partial charge in [0.2, 0.25) is 0 Å². The van der Waals surface area contributed by atoms with Crippen LogP contribution in [0.4, 0.5) is 4.39 Å². The third-order valence-electron chi connectivity index (χ3n) is 5.01. The van der Waals surface area contributed by atoms with Crippen LogP contribution in [0.3, 0.4) is 0 Å². The summed E-state index contributed by atoms with van der Waals surface area (Å²) in [5.74, 6) is -0.125. The predicted molar refractivity (Wildman–Crippen MR) is 80.3 cm³/mol. The van der Waals surface area contributed by atoms with Crippen molar-refractivity contribution >= 4 is 0 Å². The van der Waals surface area contributed by atoms with Crippen LogP contribution in [-0.4, -0.2) is 10.1 Å². The van der Waals surface area contributed by atoms with E-state index in [0.29, 0.717) is 5.69 Å². The summed E-state index contributed by atoms with van der Waals surface area (Å²) in [7, 11) is 0. The van der Waals surface area contributed by atoms with E-state index in [0.717, 1.165) is 24.8 Å². The standard InChI is InChI=1S/C18H20FNO/c1-13(14-6-4-7-15(19)12-14)18(9-5-10-18)17(21)16-8-2-3-11-20-16/h2-4,6-8,11-13,17,21H,5,9-10H2,1H3. The van der Waals surface area contributed by atoms with Crippen LogP contribution in [0.25, 0.3) is 0 Å². The maximum absolute atomic E-state index is 13.5. The minimum Gasteiger partial charge on any atom is -0.386 e. The number of rotatable bonds is 4. The van der Waals surface area contributed by atoms with Gasteiger partial charge < -0.3 is 5.11 Å². The quantitative estimate of drug-likeness (QED) is 0.912. The molecule has 1 N–H and O–H groups in total. The van der Waals surface area contributed by atoms with Crippen molar-refractivity contribution in [3.8, 4) is 0 Å². The molecule has 1 aromatic heterocycles. The van der Waals surface area contributed by atoms with Gasteiger partial charge in [0.05, 0.1) is 5.69 Å². The van der Waals surface area contributed by atoms with E-state index in [4.69, 9.17) is 0 Å². The molecule has 0 amide bonds. The second-order valence-electron chi connectivity index (χ2n) is 6.02. The molecule has 1 aromatic carbocycles. The zero-order chi connectivity index (χ0) is 14.9. The molecule has 0 radical (unpaired) electrons. The minimum atomic E-state index is -0.606. The summed E-state index contributed by atoms with van der Waals surface area (Å²) in [6.07, 6.45) is 4.09. The Morgan fingerprint density at radius 3 is 2.57 bits per heavy atom. The van der Waals surface area contributed by atoms with E-state index in [1.807, 2.05) is 24.3 Å². The molecule has 1 aliphatic carbocycles. The Bertz CT molecular complexity index is 610. The van der Waals surface area contributed by atoms with Gasteiger partial charge in [-0.2, -0.15) is 0 Å². The lowest BCUT2D eigenvalue weighted by Crippen LogP contribution is -2.41. The molecule has 110 valence electrons. The Hall–Kier alpha value is -1.74. The van der Waals surface area contributed by atoms with Crippen LogP contribution < -0.4 is 0 Å². The second kappa shape index (κ2) is 5.57. The molecular formula is C18H20FNO. The molecule has 0 saturated heterocycles. The molecule has 1 heterocycles. The first-order valence-corrected chi connectivity index (χ1v) is 7.48. The zero-order valence-corrected chi connectivity index (χ0v) is 12.2. The molecule has 0 spiro atoms. The van der Waals surface area contributed by atoms with Crippen molar-refractivity contribution in [3.05, 3.63) is 65.7 Å². The highest BCUT2D eigenvalue weighted by atomic mass is 19.1. The Kier molecular flexibility index (Phi) is 3.77. The number of benzene rings is 1. The third-order valence-corrected chi connectivity index (χ3v) is 5.01. The Labute approximate surface area is 124 Å². The molecule has 0 aliphatic heterocycles. The monoisotopic (exact) mass is 285 g/mol. The number of aliphatic hydroxyl groups is 1. The van der Waals surface area contributed by atoms with E-state index in [9.17, 15) is 9.50 Å². The van der Waals surface area contributed by atoms with Crippen LogP contribution in [0.5, 0.6) is 0 Å². The first-order chi connectivity index (χ1) is 10.1. The van der Waals surface area contributed by atoms with Gasteiger partial charge in [0.15, 0.2) is 0 Å². The highest BCUT2D eigenvalue weighted by molar-refractivity contribution is 5.26.